The van der Waals surface area contributed by atoms with Gasteiger partial charge in [0, 0.05) is 11.7 Å². The maximum Gasteiger partial charge on any atom is 0.335 e. The van der Waals surface area contributed by atoms with Crippen molar-refractivity contribution in [3.8, 4) is 0 Å². The molecule has 116 valence electrons. The molecule has 2 unspecified atom stereocenters. The lowest BCUT2D eigenvalue weighted by atomic mass is 10.0. The first-order valence-electron chi connectivity index (χ1n) is 7.25. The van der Waals surface area contributed by atoms with Gasteiger partial charge in [0.05, 0.1) is 5.56 Å². The quantitative estimate of drug-likeness (QED) is 0.749. The molecule has 0 aromatic heterocycles. The van der Waals surface area contributed by atoms with E-state index in [4.69, 9.17) is 5.11 Å². The summed E-state index contributed by atoms with van der Waals surface area (Å²) in [5, 5.41) is 14.6. The summed E-state index contributed by atoms with van der Waals surface area (Å²) >= 11 is 0. The number of urea groups is 1. The van der Waals surface area contributed by atoms with Crippen molar-refractivity contribution in [2.75, 3.05) is 5.32 Å². The number of aromatic carboxylic acids is 1. The minimum Gasteiger partial charge on any atom is -0.478 e. The number of hydrogen-bond donors (Lipinski definition) is 3. The summed E-state index contributed by atoms with van der Waals surface area (Å²) in [5.74, 6) is -0.400. The van der Waals surface area contributed by atoms with Crippen molar-refractivity contribution in [3.63, 3.8) is 0 Å². The first-order valence-corrected chi connectivity index (χ1v) is 7.25. The molecule has 1 aromatic rings. The van der Waals surface area contributed by atoms with Gasteiger partial charge in [-0.1, -0.05) is 20.3 Å². The van der Waals surface area contributed by atoms with Crippen LogP contribution in [0.4, 0.5) is 10.5 Å². The molecule has 1 aromatic carbocycles. The topological polar surface area (TPSA) is 78.4 Å². The Bertz CT molecular complexity index is 514. The molecule has 0 fully saturated rings. The highest BCUT2D eigenvalue weighted by molar-refractivity contribution is 5.92. The number of carboxylic acid groups (broad SMARTS) is 1. The predicted molar refractivity (Wildman–Crippen MR) is 83.8 cm³/mol. The van der Waals surface area contributed by atoms with Crippen LogP contribution in [0.2, 0.25) is 0 Å². The lowest BCUT2D eigenvalue weighted by Gasteiger charge is -2.18. The number of hydrogen-bond acceptors (Lipinski definition) is 2. The van der Waals surface area contributed by atoms with Gasteiger partial charge in [0.15, 0.2) is 0 Å². The van der Waals surface area contributed by atoms with E-state index in [9.17, 15) is 9.59 Å². The molecule has 5 nitrogen and oxygen atoms in total. The number of carboxylic acids is 1. The fourth-order valence-electron chi connectivity index (χ4n) is 2.20. The number of aryl methyl sites for hydroxylation is 1. The first kappa shape index (κ1) is 17.0. The molecule has 21 heavy (non-hydrogen) atoms. The van der Waals surface area contributed by atoms with Crippen molar-refractivity contribution in [1.29, 1.82) is 0 Å². The van der Waals surface area contributed by atoms with E-state index in [0.29, 0.717) is 17.2 Å². The van der Waals surface area contributed by atoms with Crippen LogP contribution in [0.25, 0.3) is 0 Å². The molecule has 0 radical (unpaired) electrons. The van der Waals surface area contributed by atoms with Crippen molar-refractivity contribution in [2.24, 2.45) is 5.92 Å². The van der Waals surface area contributed by atoms with E-state index < -0.39 is 5.97 Å². The minimum absolute atomic E-state index is 0.0966. The highest BCUT2D eigenvalue weighted by Gasteiger charge is 2.12. The Hall–Kier alpha value is -2.04. The van der Waals surface area contributed by atoms with Gasteiger partial charge in [0.2, 0.25) is 0 Å². The van der Waals surface area contributed by atoms with Crippen LogP contribution in [0.5, 0.6) is 0 Å². The Morgan fingerprint density at radius 1 is 1.29 bits per heavy atom. The van der Waals surface area contributed by atoms with Crippen LogP contribution >= 0.6 is 0 Å². The van der Waals surface area contributed by atoms with Crippen molar-refractivity contribution < 1.29 is 14.7 Å². The maximum atomic E-state index is 11.9. The van der Waals surface area contributed by atoms with E-state index in [1.807, 2.05) is 6.92 Å². The summed E-state index contributed by atoms with van der Waals surface area (Å²) < 4.78 is 0. The molecule has 0 saturated carbocycles. The van der Waals surface area contributed by atoms with Crippen molar-refractivity contribution in [3.05, 3.63) is 29.3 Å². The van der Waals surface area contributed by atoms with E-state index in [0.717, 1.165) is 12.8 Å². The zero-order chi connectivity index (χ0) is 16.0. The Morgan fingerprint density at radius 3 is 2.48 bits per heavy atom. The Balaban J connectivity index is 2.59. The SMILES string of the molecule is CCC(C)CC(C)NC(=O)Nc1ccc(C(=O)O)c(C)c1. The Kier molecular flexibility index (Phi) is 6.21. The lowest BCUT2D eigenvalue weighted by Crippen LogP contribution is -2.37. The summed E-state index contributed by atoms with van der Waals surface area (Å²) in [6, 6.07) is 4.57. The minimum atomic E-state index is -0.967. The molecule has 3 N–H and O–H groups in total. The zero-order valence-electron chi connectivity index (χ0n) is 13.1. The predicted octanol–water partition coefficient (Wildman–Crippen LogP) is 3.64. The van der Waals surface area contributed by atoms with Gasteiger partial charge in [-0.15, -0.1) is 0 Å². The van der Waals surface area contributed by atoms with Crippen LogP contribution in [-0.2, 0) is 0 Å². The Labute approximate surface area is 125 Å². The zero-order valence-corrected chi connectivity index (χ0v) is 13.1. The molecular weight excluding hydrogens is 268 g/mol. The second-order valence-electron chi connectivity index (χ2n) is 5.58. The third kappa shape index (κ3) is 5.45. The van der Waals surface area contributed by atoms with Gasteiger partial charge >= 0.3 is 12.0 Å². The third-order valence-corrected chi connectivity index (χ3v) is 3.55. The van der Waals surface area contributed by atoms with Crippen LogP contribution in [0.3, 0.4) is 0 Å². The molecule has 0 bridgehead atoms. The number of amides is 2. The summed E-state index contributed by atoms with van der Waals surface area (Å²) in [6.07, 6.45) is 2.02. The molecule has 2 amide bonds. The molecule has 1 rings (SSSR count). The van der Waals surface area contributed by atoms with E-state index in [-0.39, 0.29) is 17.6 Å². The number of benzene rings is 1. The van der Waals surface area contributed by atoms with Gasteiger partial charge in [0.25, 0.3) is 0 Å². The van der Waals surface area contributed by atoms with Crippen LogP contribution in [0.15, 0.2) is 18.2 Å². The standard InChI is InChI=1S/C16H24N2O3/c1-5-10(2)8-12(4)17-16(21)18-13-6-7-14(15(19)20)11(3)9-13/h6-7,9-10,12H,5,8H2,1-4H3,(H,19,20)(H2,17,18,21). The number of carbonyl (C=O) groups is 2. The monoisotopic (exact) mass is 292 g/mol. The highest BCUT2D eigenvalue weighted by atomic mass is 16.4. The number of anilines is 1. The molecular formula is C16H24N2O3. The number of rotatable bonds is 6. The largest absolute Gasteiger partial charge is 0.478 e. The van der Waals surface area contributed by atoms with Crippen molar-refractivity contribution >= 4 is 17.7 Å². The summed E-state index contributed by atoms with van der Waals surface area (Å²) in [4.78, 5) is 22.8. The van der Waals surface area contributed by atoms with E-state index in [1.165, 1.54) is 6.07 Å². The fourth-order valence-corrected chi connectivity index (χ4v) is 2.20. The van der Waals surface area contributed by atoms with Gasteiger partial charge in [-0.2, -0.15) is 0 Å². The van der Waals surface area contributed by atoms with Gasteiger partial charge in [-0.3, -0.25) is 0 Å². The molecule has 0 saturated heterocycles. The average molecular weight is 292 g/mol. The highest BCUT2D eigenvalue weighted by Crippen LogP contribution is 2.15. The molecule has 2 atom stereocenters. The van der Waals surface area contributed by atoms with Crippen LogP contribution in [0, 0.1) is 12.8 Å². The first-order chi connectivity index (χ1) is 9.83. The molecule has 0 aliphatic heterocycles. The van der Waals surface area contributed by atoms with Gasteiger partial charge in [-0.05, 0) is 49.9 Å². The molecule has 5 heteroatoms. The van der Waals surface area contributed by atoms with E-state index >= 15 is 0 Å². The third-order valence-electron chi connectivity index (χ3n) is 3.55. The lowest BCUT2D eigenvalue weighted by molar-refractivity contribution is 0.0696. The Morgan fingerprint density at radius 2 is 1.95 bits per heavy atom. The van der Waals surface area contributed by atoms with Crippen LogP contribution < -0.4 is 10.6 Å². The smallest absolute Gasteiger partial charge is 0.335 e. The molecule has 0 heterocycles. The molecule has 0 spiro atoms. The van der Waals surface area contributed by atoms with Gasteiger partial charge < -0.3 is 15.7 Å². The molecule has 0 aliphatic rings. The second kappa shape index (κ2) is 7.67. The van der Waals surface area contributed by atoms with Crippen LogP contribution in [-0.4, -0.2) is 23.1 Å². The molecule has 0 aliphatic carbocycles. The number of nitrogens with one attached hydrogen (secondary N) is 2. The fraction of sp³-hybridized carbons (Fsp3) is 0.500. The average Bonchev–Trinajstić information content (AvgIpc) is 2.37. The van der Waals surface area contributed by atoms with E-state index in [1.54, 1.807) is 19.1 Å². The normalized spacial score (nSPS) is 13.3. The summed E-state index contributed by atoms with van der Waals surface area (Å²) in [5.41, 5.74) is 1.45. The van der Waals surface area contributed by atoms with Gasteiger partial charge in [-0.25, -0.2) is 9.59 Å². The van der Waals surface area contributed by atoms with Crippen molar-refractivity contribution in [1.82, 2.24) is 5.32 Å². The summed E-state index contributed by atoms with van der Waals surface area (Å²) in [6.45, 7) is 7.97. The van der Waals surface area contributed by atoms with Crippen LogP contribution in [0.1, 0.15) is 49.5 Å². The summed E-state index contributed by atoms with van der Waals surface area (Å²) in [7, 11) is 0. The number of carbonyl (C=O) groups excluding carboxylic acids is 1. The maximum absolute atomic E-state index is 11.9. The van der Waals surface area contributed by atoms with Gasteiger partial charge in [0.1, 0.15) is 0 Å². The second-order valence-corrected chi connectivity index (χ2v) is 5.58. The van der Waals surface area contributed by atoms with Crippen molar-refractivity contribution in [2.45, 2.75) is 46.6 Å². The van der Waals surface area contributed by atoms with E-state index in [2.05, 4.69) is 24.5 Å².